The van der Waals surface area contributed by atoms with Gasteiger partial charge in [0.1, 0.15) is 11.6 Å². The molecule has 0 amide bonds. The van der Waals surface area contributed by atoms with E-state index in [9.17, 15) is 4.39 Å². The molecule has 0 saturated carbocycles. The van der Waals surface area contributed by atoms with Gasteiger partial charge in [-0.15, -0.1) is 0 Å². The van der Waals surface area contributed by atoms with Crippen molar-refractivity contribution in [1.82, 2.24) is 9.97 Å². The second-order valence-electron chi connectivity index (χ2n) is 3.05. The molecule has 0 fully saturated rings. The molecule has 6 heteroatoms. The van der Waals surface area contributed by atoms with Gasteiger partial charge in [-0.3, -0.25) is 0 Å². The number of rotatable bonds is 1. The fourth-order valence-electron chi connectivity index (χ4n) is 1.18. The molecule has 0 unspecified atom stereocenters. The fourth-order valence-corrected chi connectivity index (χ4v) is 1.53. The predicted molar refractivity (Wildman–Crippen MR) is 64.5 cm³/mol. The minimum atomic E-state index is -0.478. The lowest BCUT2D eigenvalue weighted by Gasteiger charge is -2.04. The molecule has 0 aliphatic rings. The highest BCUT2D eigenvalue weighted by Gasteiger charge is 2.09. The van der Waals surface area contributed by atoms with Crippen LogP contribution in [0.4, 0.5) is 10.2 Å². The maximum Gasteiger partial charge on any atom is 0.164 e. The third kappa shape index (κ3) is 2.15. The van der Waals surface area contributed by atoms with E-state index in [2.05, 4.69) is 25.9 Å². The van der Waals surface area contributed by atoms with Crippen molar-refractivity contribution in [2.24, 2.45) is 0 Å². The van der Waals surface area contributed by atoms with Crippen LogP contribution in [0, 0.1) is 5.82 Å². The molecule has 1 aromatic heterocycles. The Labute approximate surface area is 105 Å². The van der Waals surface area contributed by atoms with Gasteiger partial charge < -0.3 is 5.73 Å². The standard InChI is InChI=1S/C10H6BrClFN3/c11-7-4-15-10(16-9(7)14)6-2-1-5(12)3-8(6)13/h1-4H,(H2,14,15,16). The molecular weight excluding hydrogens is 296 g/mol. The van der Waals surface area contributed by atoms with Crippen LogP contribution in [0.15, 0.2) is 28.9 Å². The first-order valence-electron chi connectivity index (χ1n) is 4.31. The highest BCUT2D eigenvalue weighted by molar-refractivity contribution is 9.10. The molecule has 2 N–H and O–H groups in total. The number of hydrogen-bond donors (Lipinski definition) is 1. The largest absolute Gasteiger partial charge is 0.383 e. The molecule has 3 nitrogen and oxygen atoms in total. The van der Waals surface area contributed by atoms with Crippen LogP contribution in [0.25, 0.3) is 11.4 Å². The van der Waals surface area contributed by atoms with Gasteiger partial charge in [-0.25, -0.2) is 14.4 Å². The number of anilines is 1. The molecule has 0 radical (unpaired) electrons. The van der Waals surface area contributed by atoms with Crippen LogP contribution in [0.1, 0.15) is 0 Å². The van der Waals surface area contributed by atoms with Gasteiger partial charge in [0.25, 0.3) is 0 Å². The second kappa shape index (κ2) is 4.35. The molecule has 1 heterocycles. The van der Waals surface area contributed by atoms with Crippen molar-refractivity contribution in [2.45, 2.75) is 0 Å². The Hall–Kier alpha value is -1.20. The molecule has 0 aliphatic heterocycles. The minimum absolute atomic E-state index is 0.231. The van der Waals surface area contributed by atoms with Crippen molar-refractivity contribution in [3.63, 3.8) is 0 Å². The number of aromatic nitrogens is 2. The molecule has 16 heavy (non-hydrogen) atoms. The lowest BCUT2D eigenvalue weighted by atomic mass is 10.2. The van der Waals surface area contributed by atoms with Crippen LogP contribution >= 0.6 is 27.5 Å². The van der Waals surface area contributed by atoms with Gasteiger partial charge in [0.2, 0.25) is 0 Å². The molecule has 2 aromatic rings. The van der Waals surface area contributed by atoms with Crippen molar-refractivity contribution < 1.29 is 4.39 Å². The van der Waals surface area contributed by atoms with Crippen LogP contribution in [0.2, 0.25) is 5.02 Å². The molecule has 0 saturated heterocycles. The maximum absolute atomic E-state index is 13.6. The average Bonchev–Trinajstić information content (AvgIpc) is 2.22. The first kappa shape index (κ1) is 11.3. The van der Waals surface area contributed by atoms with Crippen molar-refractivity contribution in [3.8, 4) is 11.4 Å². The van der Waals surface area contributed by atoms with Gasteiger partial charge in [0.05, 0.1) is 10.0 Å². The van der Waals surface area contributed by atoms with E-state index in [4.69, 9.17) is 17.3 Å². The highest BCUT2D eigenvalue weighted by atomic mass is 79.9. The average molecular weight is 303 g/mol. The van der Waals surface area contributed by atoms with Gasteiger partial charge in [-0.2, -0.15) is 0 Å². The van der Waals surface area contributed by atoms with E-state index in [0.717, 1.165) is 0 Å². The molecule has 0 aliphatic carbocycles. The second-order valence-corrected chi connectivity index (χ2v) is 4.34. The maximum atomic E-state index is 13.6. The summed E-state index contributed by atoms with van der Waals surface area (Å²) >= 11 is 8.82. The normalized spacial score (nSPS) is 10.4. The number of hydrogen-bond acceptors (Lipinski definition) is 3. The Kier molecular flexibility index (Phi) is 3.07. The van der Waals surface area contributed by atoms with Crippen LogP contribution in [0.3, 0.4) is 0 Å². The molecule has 0 bridgehead atoms. The molecule has 1 aromatic carbocycles. The van der Waals surface area contributed by atoms with E-state index in [1.807, 2.05) is 0 Å². The molecular formula is C10H6BrClFN3. The highest BCUT2D eigenvalue weighted by Crippen LogP contribution is 2.24. The molecule has 0 spiro atoms. The first-order valence-corrected chi connectivity index (χ1v) is 5.48. The summed E-state index contributed by atoms with van der Waals surface area (Å²) in [5.74, 6) is 0.0171. The lowest BCUT2D eigenvalue weighted by molar-refractivity contribution is 0.630. The zero-order chi connectivity index (χ0) is 11.7. The summed E-state index contributed by atoms with van der Waals surface area (Å²) < 4.78 is 14.1. The number of nitrogens with zero attached hydrogens (tertiary/aromatic N) is 2. The first-order chi connectivity index (χ1) is 7.58. The number of halogens is 3. The Morgan fingerprint density at radius 2 is 2.12 bits per heavy atom. The number of benzene rings is 1. The third-order valence-electron chi connectivity index (χ3n) is 1.94. The van der Waals surface area contributed by atoms with E-state index in [1.54, 1.807) is 6.07 Å². The van der Waals surface area contributed by atoms with Crippen LogP contribution in [0.5, 0.6) is 0 Å². The van der Waals surface area contributed by atoms with E-state index in [0.29, 0.717) is 9.50 Å². The van der Waals surface area contributed by atoms with E-state index < -0.39 is 5.82 Å². The minimum Gasteiger partial charge on any atom is -0.383 e. The molecule has 82 valence electrons. The van der Waals surface area contributed by atoms with Crippen LogP contribution in [-0.4, -0.2) is 9.97 Å². The monoisotopic (exact) mass is 301 g/mol. The van der Waals surface area contributed by atoms with E-state index in [1.165, 1.54) is 18.3 Å². The summed E-state index contributed by atoms with van der Waals surface area (Å²) in [4.78, 5) is 7.95. The molecule has 2 rings (SSSR count). The van der Waals surface area contributed by atoms with Gasteiger partial charge >= 0.3 is 0 Å². The topological polar surface area (TPSA) is 51.8 Å². The van der Waals surface area contributed by atoms with Gasteiger partial charge in [0.15, 0.2) is 5.82 Å². The Morgan fingerprint density at radius 3 is 2.75 bits per heavy atom. The van der Waals surface area contributed by atoms with Crippen molar-refractivity contribution >= 4 is 33.3 Å². The van der Waals surface area contributed by atoms with Gasteiger partial charge in [-0.1, -0.05) is 11.6 Å². The summed E-state index contributed by atoms with van der Waals surface area (Å²) in [5.41, 5.74) is 5.86. The quantitative estimate of drug-likeness (QED) is 0.879. The summed E-state index contributed by atoms with van der Waals surface area (Å²) in [6.45, 7) is 0. The van der Waals surface area contributed by atoms with E-state index >= 15 is 0 Å². The Bertz CT molecular complexity index is 548. The van der Waals surface area contributed by atoms with Crippen molar-refractivity contribution in [3.05, 3.63) is 39.7 Å². The fraction of sp³-hybridized carbons (Fsp3) is 0. The summed E-state index contributed by atoms with van der Waals surface area (Å²) in [5, 5.41) is 0.325. The SMILES string of the molecule is Nc1nc(-c2ccc(Cl)cc2F)ncc1Br. The van der Waals surface area contributed by atoms with Crippen molar-refractivity contribution in [1.29, 1.82) is 0 Å². The molecule has 0 atom stereocenters. The van der Waals surface area contributed by atoms with Gasteiger partial charge in [0, 0.05) is 11.2 Å². The summed E-state index contributed by atoms with van der Waals surface area (Å²) in [7, 11) is 0. The zero-order valence-corrected chi connectivity index (χ0v) is 10.3. The number of nitrogen functional groups attached to an aromatic ring is 1. The van der Waals surface area contributed by atoms with E-state index in [-0.39, 0.29) is 17.2 Å². The predicted octanol–water partition coefficient (Wildman–Crippen LogP) is 3.28. The summed E-state index contributed by atoms with van der Waals surface area (Å²) in [6, 6.07) is 4.29. The van der Waals surface area contributed by atoms with Crippen molar-refractivity contribution in [2.75, 3.05) is 5.73 Å². The third-order valence-corrected chi connectivity index (χ3v) is 2.79. The number of nitrogens with two attached hydrogens (primary N) is 1. The van der Waals surface area contributed by atoms with Gasteiger partial charge in [-0.05, 0) is 34.1 Å². The Morgan fingerprint density at radius 1 is 1.38 bits per heavy atom. The lowest BCUT2D eigenvalue weighted by Crippen LogP contribution is -1.97. The van der Waals surface area contributed by atoms with Crippen LogP contribution < -0.4 is 5.73 Å². The Balaban J connectivity index is 2.54. The smallest absolute Gasteiger partial charge is 0.164 e. The summed E-state index contributed by atoms with van der Waals surface area (Å²) in [6.07, 6.45) is 1.48. The zero-order valence-electron chi connectivity index (χ0n) is 7.92. The van der Waals surface area contributed by atoms with Crippen LogP contribution in [-0.2, 0) is 0 Å².